The zero-order chi connectivity index (χ0) is 24.5. The summed E-state index contributed by atoms with van der Waals surface area (Å²) in [6.45, 7) is 9.00. The zero-order valence-electron chi connectivity index (χ0n) is 20.6. The Bertz CT molecular complexity index is 1070. The lowest BCUT2D eigenvalue weighted by Gasteiger charge is -2.37. The molecule has 0 radical (unpaired) electrons. The number of carbonyl (C=O) groups is 2. The fourth-order valence-corrected chi connectivity index (χ4v) is 6.11. The second-order valence-electron chi connectivity index (χ2n) is 10.6. The molecule has 1 aliphatic carbocycles. The maximum atomic E-state index is 12.9. The number of rotatable bonds is 4. The van der Waals surface area contributed by atoms with Crippen molar-refractivity contribution < 1.29 is 19.4 Å². The van der Waals surface area contributed by atoms with Crippen LogP contribution in [0.3, 0.4) is 0 Å². The van der Waals surface area contributed by atoms with E-state index in [4.69, 9.17) is 4.74 Å². The Morgan fingerprint density at radius 3 is 2.38 bits per heavy atom. The van der Waals surface area contributed by atoms with Crippen molar-refractivity contribution in [2.45, 2.75) is 65.4 Å². The van der Waals surface area contributed by atoms with Gasteiger partial charge in [0.15, 0.2) is 0 Å². The van der Waals surface area contributed by atoms with Crippen LogP contribution in [0.5, 0.6) is 0 Å². The molecule has 4 rings (SSSR count). The van der Waals surface area contributed by atoms with E-state index in [1.165, 1.54) is 29.8 Å². The third kappa shape index (κ3) is 5.54. The average Bonchev–Trinajstić information content (AvgIpc) is 3.24. The topological polar surface area (TPSA) is 66.8 Å². The van der Waals surface area contributed by atoms with Crippen molar-refractivity contribution in [2.75, 3.05) is 13.1 Å². The molecule has 6 heteroatoms. The van der Waals surface area contributed by atoms with E-state index in [9.17, 15) is 14.7 Å². The number of hydrogen-bond donors (Lipinski definition) is 1. The molecule has 0 unspecified atom stereocenters. The Balaban J connectivity index is 1.75. The monoisotopic (exact) mass is 481 g/mol. The first kappa shape index (κ1) is 24.5. The second kappa shape index (κ2) is 9.95. The quantitative estimate of drug-likeness (QED) is 0.496. The molecule has 1 saturated carbocycles. The number of carbonyl (C=O) groups excluding carboxylic acids is 1. The summed E-state index contributed by atoms with van der Waals surface area (Å²) in [4.78, 5) is 28.3. The fraction of sp³-hybridized carbons (Fsp3) is 0.500. The Hall–Kier alpha value is -2.60. The number of hydrogen-bond acceptors (Lipinski definition) is 4. The number of nitrogens with zero attached hydrogens (tertiary/aromatic N) is 1. The van der Waals surface area contributed by atoms with Crippen LogP contribution in [-0.2, 0) is 4.74 Å². The number of carboxylic acids is 1. The first-order valence-corrected chi connectivity index (χ1v) is 13.1. The van der Waals surface area contributed by atoms with Crippen molar-refractivity contribution in [3.05, 3.63) is 52.4 Å². The van der Waals surface area contributed by atoms with E-state index < -0.39 is 11.6 Å². The van der Waals surface area contributed by atoms with E-state index in [0.29, 0.717) is 36.2 Å². The number of benzene rings is 1. The third-order valence-electron chi connectivity index (χ3n) is 6.85. The van der Waals surface area contributed by atoms with Gasteiger partial charge in [0.25, 0.3) is 0 Å². The largest absolute Gasteiger partial charge is 0.477 e. The lowest BCUT2D eigenvalue weighted by atomic mass is 9.75. The van der Waals surface area contributed by atoms with Gasteiger partial charge in [-0.3, -0.25) is 0 Å². The molecule has 5 nitrogen and oxygen atoms in total. The highest BCUT2D eigenvalue weighted by Gasteiger charge is 2.34. The van der Waals surface area contributed by atoms with Crippen molar-refractivity contribution in [3.8, 4) is 10.4 Å². The highest BCUT2D eigenvalue weighted by atomic mass is 32.1. The summed E-state index contributed by atoms with van der Waals surface area (Å²) in [6.07, 6.45) is 4.85. The molecule has 2 aromatic rings. The maximum Gasteiger partial charge on any atom is 0.410 e. The van der Waals surface area contributed by atoms with Gasteiger partial charge < -0.3 is 14.7 Å². The van der Waals surface area contributed by atoms with Gasteiger partial charge in [-0.25, -0.2) is 9.59 Å². The van der Waals surface area contributed by atoms with Crippen LogP contribution in [0.25, 0.3) is 16.0 Å². The summed E-state index contributed by atoms with van der Waals surface area (Å²) in [5.41, 5.74) is 3.66. The van der Waals surface area contributed by atoms with Crippen LogP contribution >= 0.6 is 11.3 Å². The van der Waals surface area contributed by atoms with Gasteiger partial charge in [0.05, 0.1) is 0 Å². The van der Waals surface area contributed by atoms with E-state index >= 15 is 0 Å². The summed E-state index contributed by atoms with van der Waals surface area (Å²) in [5.74, 6) is 0.199. The van der Waals surface area contributed by atoms with Crippen LogP contribution < -0.4 is 0 Å². The summed E-state index contributed by atoms with van der Waals surface area (Å²) < 4.78 is 5.67. The van der Waals surface area contributed by atoms with Crippen LogP contribution in [0.2, 0.25) is 0 Å². The number of thiophene rings is 1. The molecule has 0 bridgehead atoms. The Kier molecular flexibility index (Phi) is 7.17. The van der Waals surface area contributed by atoms with Gasteiger partial charge in [-0.15, -0.1) is 11.3 Å². The maximum absolute atomic E-state index is 12.9. The van der Waals surface area contributed by atoms with Crippen LogP contribution in [-0.4, -0.2) is 40.8 Å². The smallest absolute Gasteiger partial charge is 0.410 e. The number of carboxylic acid groups (broad SMARTS) is 1. The van der Waals surface area contributed by atoms with E-state index in [1.54, 1.807) is 4.90 Å². The molecule has 0 atom stereocenters. The van der Waals surface area contributed by atoms with Crippen molar-refractivity contribution in [3.63, 3.8) is 0 Å². The minimum absolute atomic E-state index is 0.290. The van der Waals surface area contributed by atoms with Crippen molar-refractivity contribution in [1.29, 1.82) is 0 Å². The van der Waals surface area contributed by atoms with Crippen molar-refractivity contribution in [2.24, 2.45) is 11.8 Å². The van der Waals surface area contributed by atoms with E-state index in [-0.39, 0.29) is 6.09 Å². The molecule has 1 aromatic heterocycles. The van der Waals surface area contributed by atoms with Crippen molar-refractivity contribution >= 4 is 29.0 Å². The van der Waals surface area contributed by atoms with Gasteiger partial charge in [0.2, 0.25) is 0 Å². The summed E-state index contributed by atoms with van der Waals surface area (Å²) >= 11 is 1.34. The fourth-order valence-electron chi connectivity index (χ4n) is 5.08. The van der Waals surface area contributed by atoms with Crippen LogP contribution in [0.1, 0.15) is 75.0 Å². The van der Waals surface area contributed by atoms with E-state index in [1.807, 2.05) is 57.2 Å². The minimum atomic E-state index is -0.888. The highest BCUT2D eigenvalue weighted by molar-refractivity contribution is 7.17. The molecule has 0 saturated heterocycles. The number of ether oxygens (including phenoxy) is 1. The molecular formula is C28H35NO4S. The van der Waals surface area contributed by atoms with Crippen LogP contribution in [0, 0.1) is 11.8 Å². The molecule has 1 N–H and O–H groups in total. The third-order valence-corrected chi connectivity index (χ3v) is 8.02. The van der Waals surface area contributed by atoms with E-state index in [2.05, 4.69) is 6.92 Å². The molecule has 1 aliphatic heterocycles. The van der Waals surface area contributed by atoms with Gasteiger partial charge in [0, 0.05) is 23.5 Å². The van der Waals surface area contributed by atoms with E-state index in [0.717, 1.165) is 34.4 Å². The van der Waals surface area contributed by atoms with Crippen LogP contribution in [0.4, 0.5) is 4.79 Å². The van der Waals surface area contributed by atoms with Gasteiger partial charge in [-0.2, -0.15) is 0 Å². The van der Waals surface area contributed by atoms with Gasteiger partial charge >= 0.3 is 12.1 Å². The first-order chi connectivity index (χ1) is 16.1. The minimum Gasteiger partial charge on any atom is -0.477 e. The standard InChI is InChI=1S/C28H35NO4S/c1-18-10-12-19(13-11-18)23-17-29(27(32)33-28(2,3)4)15-14-21(23)22-16-24(34-25(22)26(30)31)20-8-6-5-7-9-20/h5-9,16,18-19H,10-15,17H2,1-4H3,(H,30,31). The van der Waals surface area contributed by atoms with Crippen molar-refractivity contribution in [1.82, 2.24) is 4.90 Å². The lowest BCUT2D eigenvalue weighted by molar-refractivity contribution is 0.0257. The molecular weight excluding hydrogens is 446 g/mol. The average molecular weight is 482 g/mol. The lowest BCUT2D eigenvalue weighted by Crippen LogP contribution is -2.42. The predicted octanol–water partition coefficient (Wildman–Crippen LogP) is 7.33. The molecule has 182 valence electrons. The summed E-state index contributed by atoms with van der Waals surface area (Å²) in [5, 5.41) is 10.1. The number of amides is 1. The molecule has 0 spiro atoms. The highest BCUT2D eigenvalue weighted by Crippen LogP contribution is 2.43. The molecule has 2 aliphatic rings. The predicted molar refractivity (Wildman–Crippen MR) is 137 cm³/mol. The molecule has 1 aromatic carbocycles. The second-order valence-corrected chi connectivity index (χ2v) is 11.7. The normalized spacial score (nSPS) is 21.5. The van der Waals surface area contributed by atoms with Gasteiger partial charge in [0.1, 0.15) is 10.5 Å². The number of aromatic carboxylic acids is 1. The Morgan fingerprint density at radius 1 is 1.09 bits per heavy atom. The molecule has 1 fully saturated rings. The Labute approximate surface area is 206 Å². The van der Waals surface area contributed by atoms with Gasteiger partial charge in [-0.1, -0.05) is 50.1 Å². The summed E-state index contributed by atoms with van der Waals surface area (Å²) in [7, 11) is 0. The zero-order valence-corrected chi connectivity index (χ0v) is 21.4. The molecule has 34 heavy (non-hydrogen) atoms. The van der Waals surface area contributed by atoms with Crippen LogP contribution in [0.15, 0.2) is 42.0 Å². The molecule has 1 amide bonds. The SMILES string of the molecule is CC1CCC(C2=C(c3cc(-c4ccccc4)sc3C(=O)O)CCN(C(=O)OC(C)(C)C)C2)CC1. The van der Waals surface area contributed by atoms with Gasteiger partial charge in [-0.05, 0) is 74.6 Å². The molecule has 2 heterocycles. The first-order valence-electron chi connectivity index (χ1n) is 12.2. The Morgan fingerprint density at radius 2 is 1.76 bits per heavy atom. The summed E-state index contributed by atoms with van der Waals surface area (Å²) in [6, 6.07) is 12.0.